The lowest BCUT2D eigenvalue weighted by Gasteiger charge is -2.15. The van der Waals surface area contributed by atoms with Gasteiger partial charge in [-0.15, -0.1) is 11.3 Å². The predicted molar refractivity (Wildman–Crippen MR) is 142 cm³/mol. The zero-order valence-corrected chi connectivity index (χ0v) is 20.5. The fourth-order valence-corrected chi connectivity index (χ4v) is 5.88. The van der Waals surface area contributed by atoms with Crippen LogP contribution in [-0.4, -0.2) is 35.4 Å². The number of phenolic OH excluding ortho intramolecular Hbond substituents is 1. The number of carbonyl (C=O) groups excluding carboxylic acids is 1. The topological polar surface area (TPSA) is 52.6 Å². The maximum Gasteiger partial charge on any atom is 0.205 e. The van der Waals surface area contributed by atoms with Gasteiger partial charge < -0.3 is 15.3 Å². The number of rotatable bonds is 7. The molecule has 4 nitrogen and oxygen atoms in total. The highest BCUT2D eigenvalue weighted by molar-refractivity contribution is 7.21. The first-order valence-corrected chi connectivity index (χ1v) is 12.7. The molecule has 5 rings (SSSR count). The van der Waals surface area contributed by atoms with Crippen molar-refractivity contribution in [2.24, 2.45) is 5.92 Å². The monoisotopic (exact) mass is 470 g/mol. The molecule has 1 saturated heterocycles. The Balaban J connectivity index is 1.41. The van der Waals surface area contributed by atoms with Crippen LogP contribution in [0.25, 0.3) is 10.1 Å². The van der Waals surface area contributed by atoms with Crippen LogP contribution < -0.4 is 5.32 Å². The van der Waals surface area contributed by atoms with Crippen LogP contribution in [0.4, 0.5) is 11.4 Å². The number of fused-ring (bicyclic) bond motifs is 1. The van der Waals surface area contributed by atoms with Gasteiger partial charge in [0.25, 0.3) is 0 Å². The number of aromatic hydroxyl groups is 1. The van der Waals surface area contributed by atoms with Crippen molar-refractivity contribution in [3.8, 4) is 5.75 Å². The Labute approximate surface area is 204 Å². The third-order valence-corrected chi connectivity index (χ3v) is 7.87. The highest BCUT2D eigenvalue weighted by Crippen LogP contribution is 2.40. The number of aryl methyl sites for hydroxylation is 1. The van der Waals surface area contributed by atoms with Gasteiger partial charge in [0, 0.05) is 34.4 Å². The van der Waals surface area contributed by atoms with Crippen LogP contribution in [0.15, 0.2) is 66.7 Å². The summed E-state index contributed by atoms with van der Waals surface area (Å²) >= 11 is 1.42. The minimum absolute atomic E-state index is 0.00208. The lowest BCUT2D eigenvalue weighted by atomic mass is 10.0. The number of phenols is 1. The number of ketones is 1. The molecular weight excluding hydrogens is 440 g/mol. The first kappa shape index (κ1) is 22.6. The molecule has 34 heavy (non-hydrogen) atoms. The lowest BCUT2D eigenvalue weighted by molar-refractivity contribution is 0.104. The number of carbonyl (C=O) groups is 1. The average molecular weight is 471 g/mol. The van der Waals surface area contributed by atoms with E-state index in [1.807, 2.05) is 37.3 Å². The summed E-state index contributed by atoms with van der Waals surface area (Å²) in [5.41, 5.74) is 4.72. The van der Waals surface area contributed by atoms with E-state index in [9.17, 15) is 9.90 Å². The zero-order chi connectivity index (χ0) is 23.7. The number of benzene rings is 3. The fourth-order valence-electron chi connectivity index (χ4n) is 4.73. The van der Waals surface area contributed by atoms with Crippen LogP contribution in [0.5, 0.6) is 5.75 Å². The predicted octanol–water partition coefficient (Wildman–Crippen LogP) is 6.77. The van der Waals surface area contributed by atoms with Gasteiger partial charge in [-0.1, -0.05) is 43.3 Å². The van der Waals surface area contributed by atoms with E-state index in [0.29, 0.717) is 10.4 Å². The van der Waals surface area contributed by atoms with Gasteiger partial charge in [-0.25, -0.2) is 0 Å². The summed E-state index contributed by atoms with van der Waals surface area (Å²) < 4.78 is 0.885. The number of likely N-dealkylation sites (tertiary alicyclic amines) is 1. The maximum absolute atomic E-state index is 13.5. The highest BCUT2D eigenvalue weighted by atomic mass is 32.1. The molecule has 0 aliphatic carbocycles. The summed E-state index contributed by atoms with van der Waals surface area (Å²) in [6.07, 6.45) is 2.35. The van der Waals surface area contributed by atoms with Crippen LogP contribution in [0, 0.1) is 12.8 Å². The van der Waals surface area contributed by atoms with Crippen LogP contribution in [0.1, 0.15) is 39.7 Å². The van der Waals surface area contributed by atoms with E-state index in [4.69, 9.17) is 0 Å². The molecule has 2 heterocycles. The van der Waals surface area contributed by atoms with E-state index in [1.54, 1.807) is 12.1 Å². The van der Waals surface area contributed by atoms with Gasteiger partial charge in [-0.05, 0) is 73.7 Å². The standard InChI is InChI=1S/C29H30N2O2S/c1-19-13-15-31(18-19)16-14-21-7-9-22(10-8-21)30-27-25-12-11-23(32)17-26(25)34-29(27)28(33)24-6-4-3-5-20(24)2/h3-12,17,19,30,32H,13-16,18H2,1-2H3/t19-/m0/s1. The second kappa shape index (κ2) is 9.61. The molecule has 0 amide bonds. The third-order valence-electron chi connectivity index (χ3n) is 6.72. The molecule has 1 aliphatic rings. The van der Waals surface area contributed by atoms with Crippen LogP contribution >= 0.6 is 11.3 Å². The molecule has 0 bridgehead atoms. The van der Waals surface area contributed by atoms with Gasteiger partial charge in [0.1, 0.15) is 5.75 Å². The Kier molecular flexibility index (Phi) is 6.40. The van der Waals surface area contributed by atoms with Gasteiger partial charge >= 0.3 is 0 Å². The maximum atomic E-state index is 13.5. The van der Waals surface area contributed by atoms with Crippen molar-refractivity contribution in [3.05, 3.63) is 88.3 Å². The van der Waals surface area contributed by atoms with E-state index < -0.39 is 0 Å². The summed E-state index contributed by atoms with van der Waals surface area (Å²) in [6, 6.07) is 21.5. The molecule has 5 heteroatoms. The Bertz CT molecular complexity index is 1330. The van der Waals surface area contributed by atoms with Crippen molar-refractivity contribution >= 4 is 38.6 Å². The largest absolute Gasteiger partial charge is 0.508 e. The van der Waals surface area contributed by atoms with Crippen molar-refractivity contribution in [1.82, 2.24) is 4.90 Å². The molecule has 3 aromatic carbocycles. The summed E-state index contributed by atoms with van der Waals surface area (Å²) in [4.78, 5) is 16.7. The number of nitrogens with zero attached hydrogens (tertiary/aromatic N) is 1. The number of hydrogen-bond acceptors (Lipinski definition) is 5. The molecule has 0 saturated carbocycles. The van der Waals surface area contributed by atoms with E-state index in [0.717, 1.165) is 45.9 Å². The average Bonchev–Trinajstić information content (AvgIpc) is 3.41. The molecule has 0 spiro atoms. The number of hydrogen-bond donors (Lipinski definition) is 2. The first-order valence-electron chi connectivity index (χ1n) is 11.9. The van der Waals surface area contributed by atoms with Crippen LogP contribution in [-0.2, 0) is 6.42 Å². The van der Waals surface area contributed by atoms with Crippen LogP contribution in [0.2, 0.25) is 0 Å². The van der Waals surface area contributed by atoms with E-state index >= 15 is 0 Å². The third kappa shape index (κ3) is 4.72. The summed E-state index contributed by atoms with van der Waals surface area (Å²) in [6.45, 7) is 7.80. The summed E-state index contributed by atoms with van der Waals surface area (Å²) in [5, 5.41) is 14.4. The summed E-state index contributed by atoms with van der Waals surface area (Å²) in [7, 11) is 0. The minimum Gasteiger partial charge on any atom is -0.508 e. The molecule has 1 aliphatic heterocycles. The smallest absolute Gasteiger partial charge is 0.205 e. The van der Waals surface area contributed by atoms with Crippen molar-refractivity contribution < 1.29 is 9.90 Å². The molecule has 0 unspecified atom stereocenters. The lowest BCUT2D eigenvalue weighted by Crippen LogP contribution is -2.22. The molecule has 4 aromatic rings. The molecule has 1 fully saturated rings. The first-order chi connectivity index (χ1) is 16.5. The second-order valence-corrected chi connectivity index (χ2v) is 10.4. The zero-order valence-electron chi connectivity index (χ0n) is 19.7. The minimum atomic E-state index is -0.00208. The second-order valence-electron chi connectivity index (χ2n) is 9.40. The van der Waals surface area contributed by atoms with Crippen molar-refractivity contribution in [3.63, 3.8) is 0 Å². The van der Waals surface area contributed by atoms with E-state index in [1.165, 1.54) is 36.4 Å². The van der Waals surface area contributed by atoms with Gasteiger partial charge in [0.2, 0.25) is 5.78 Å². The molecule has 1 atom stereocenters. The van der Waals surface area contributed by atoms with Gasteiger partial charge in [0.15, 0.2) is 0 Å². The van der Waals surface area contributed by atoms with E-state index in [2.05, 4.69) is 41.4 Å². The number of nitrogens with one attached hydrogen (secondary N) is 1. The Morgan fingerprint density at radius 1 is 1.12 bits per heavy atom. The number of anilines is 2. The van der Waals surface area contributed by atoms with Gasteiger partial charge in [0.05, 0.1) is 10.6 Å². The highest BCUT2D eigenvalue weighted by Gasteiger charge is 2.22. The van der Waals surface area contributed by atoms with Gasteiger partial charge in [-0.2, -0.15) is 0 Å². The normalized spacial score (nSPS) is 16.2. The molecule has 174 valence electrons. The Morgan fingerprint density at radius 2 is 1.91 bits per heavy atom. The molecule has 0 radical (unpaired) electrons. The molecular formula is C29H30N2O2S. The molecule has 1 aromatic heterocycles. The Hall–Kier alpha value is -3.15. The van der Waals surface area contributed by atoms with Crippen molar-refractivity contribution in [2.45, 2.75) is 26.7 Å². The van der Waals surface area contributed by atoms with Crippen LogP contribution in [0.3, 0.4) is 0 Å². The fraction of sp³-hybridized carbons (Fsp3) is 0.276. The SMILES string of the molecule is Cc1ccccc1C(=O)c1sc2cc(O)ccc2c1Nc1ccc(CCN2CC[C@H](C)C2)cc1. The summed E-state index contributed by atoms with van der Waals surface area (Å²) in [5.74, 6) is 1.01. The van der Waals surface area contributed by atoms with Crippen molar-refractivity contribution in [1.29, 1.82) is 0 Å². The van der Waals surface area contributed by atoms with E-state index in [-0.39, 0.29) is 11.5 Å². The Morgan fingerprint density at radius 3 is 2.65 bits per heavy atom. The van der Waals surface area contributed by atoms with Gasteiger partial charge in [-0.3, -0.25) is 4.79 Å². The quantitative estimate of drug-likeness (QED) is 0.293. The molecule has 2 N–H and O–H groups in total. The van der Waals surface area contributed by atoms with Crippen molar-refractivity contribution in [2.75, 3.05) is 25.0 Å². The number of thiophene rings is 1.